The Labute approximate surface area is 154 Å². The molecule has 0 atom stereocenters. The van der Waals surface area contributed by atoms with Crippen molar-refractivity contribution >= 4 is 17.3 Å². The van der Waals surface area contributed by atoms with Gasteiger partial charge >= 0.3 is 0 Å². The standard InChI is InChI=1S/C20H25N3O3/c1-25-18-8-7-15(13-19(18)26-2)22-20(24)17-14-16(9-10-21-17)23-11-5-3-4-6-12-23/h7-10,13-14H,3-6,11-12H2,1-2H3,(H,22,24). The normalized spacial score (nSPS) is 14.5. The van der Waals surface area contributed by atoms with Crippen LogP contribution in [0.1, 0.15) is 36.2 Å². The van der Waals surface area contributed by atoms with E-state index in [4.69, 9.17) is 9.47 Å². The van der Waals surface area contributed by atoms with Crippen LogP contribution in [0.5, 0.6) is 11.5 Å². The SMILES string of the molecule is COc1ccc(NC(=O)c2cc(N3CCCCCC3)ccn2)cc1OC. The number of nitrogens with one attached hydrogen (secondary N) is 1. The third-order valence-corrected chi connectivity index (χ3v) is 4.59. The number of hydrogen-bond donors (Lipinski definition) is 1. The van der Waals surface area contributed by atoms with E-state index in [0.29, 0.717) is 22.9 Å². The molecular weight excluding hydrogens is 330 g/mol. The molecule has 0 aliphatic carbocycles. The van der Waals surface area contributed by atoms with Gasteiger partial charge in [-0.25, -0.2) is 0 Å². The molecule has 1 aromatic carbocycles. The fourth-order valence-electron chi connectivity index (χ4n) is 3.18. The van der Waals surface area contributed by atoms with Gasteiger partial charge in [0.15, 0.2) is 11.5 Å². The van der Waals surface area contributed by atoms with Crippen molar-refractivity contribution in [2.24, 2.45) is 0 Å². The quantitative estimate of drug-likeness (QED) is 0.885. The molecule has 3 rings (SSSR count). The average molecular weight is 355 g/mol. The molecule has 2 heterocycles. The van der Waals surface area contributed by atoms with Crippen molar-refractivity contribution in [2.45, 2.75) is 25.7 Å². The molecule has 1 amide bonds. The van der Waals surface area contributed by atoms with Crippen LogP contribution in [0.4, 0.5) is 11.4 Å². The number of methoxy groups -OCH3 is 2. The van der Waals surface area contributed by atoms with Crippen molar-refractivity contribution in [1.29, 1.82) is 0 Å². The lowest BCUT2D eigenvalue weighted by molar-refractivity contribution is 0.102. The molecule has 1 aliphatic rings. The highest BCUT2D eigenvalue weighted by Crippen LogP contribution is 2.30. The molecule has 1 aromatic heterocycles. The van der Waals surface area contributed by atoms with Crippen molar-refractivity contribution in [1.82, 2.24) is 4.98 Å². The van der Waals surface area contributed by atoms with Gasteiger partial charge < -0.3 is 19.7 Å². The fourth-order valence-corrected chi connectivity index (χ4v) is 3.18. The molecule has 0 radical (unpaired) electrons. The highest BCUT2D eigenvalue weighted by molar-refractivity contribution is 6.03. The number of carbonyl (C=O) groups is 1. The second-order valence-electron chi connectivity index (χ2n) is 6.32. The van der Waals surface area contributed by atoms with Gasteiger partial charge in [0, 0.05) is 36.7 Å². The third kappa shape index (κ3) is 4.25. The highest BCUT2D eigenvalue weighted by atomic mass is 16.5. The number of pyridine rings is 1. The smallest absolute Gasteiger partial charge is 0.274 e. The molecule has 0 saturated carbocycles. The first-order valence-electron chi connectivity index (χ1n) is 8.95. The monoisotopic (exact) mass is 355 g/mol. The summed E-state index contributed by atoms with van der Waals surface area (Å²) in [7, 11) is 3.14. The topological polar surface area (TPSA) is 63.7 Å². The lowest BCUT2D eigenvalue weighted by Crippen LogP contribution is -2.24. The number of amides is 1. The van der Waals surface area contributed by atoms with E-state index >= 15 is 0 Å². The summed E-state index contributed by atoms with van der Waals surface area (Å²) < 4.78 is 10.5. The summed E-state index contributed by atoms with van der Waals surface area (Å²) in [5.41, 5.74) is 2.09. The molecule has 0 unspecified atom stereocenters. The maximum Gasteiger partial charge on any atom is 0.274 e. The molecule has 2 aromatic rings. The van der Waals surface area contributed by atoms with Crippen LogP contribution in [-0.4, -0.2) is 38.2 Å². The van der Waals surface area contributed by atoms with Crippen LogP contribution in [-0.2, 0) is 0 Å². The lowest BCUT2D eigenvalue weighted by Gasteiger charge is -2.22. The van der Waals surface area contributed by atoms with E-state index in [-0.39, 0.29) is 5.91 Å². The molecule has 6 heteroatoms. The Morgan fingerprint density at radius 3 is 2.42 bits per heavy atom. The first-order valence-corrected chi connectivity index (χ1v) is 8.95. The van der Waals surface area contributed by atoms with Crippen LogP contribution in [0.3, 0.4) is 0 Å². The first-order chi connectivity index (χ1) is 12.7. The second-order valence-corrected chi connectivity index (χ2v) is 6.32. The van der Waals surface area contributed by atoms with Crippen LogP contribution < -0.4 is 19.7 Å². The summed E-state index contributed by atoms with van der Waals surface area (Å²) in [6.45, 7) is 2.06. The second kappa shape index (κ2) is 8.56. The molecule has 138 valence electrons. The van der Waals surface area contributed by atoms with Crippen molar-refractivity contribution < 1.29 is 14.3 Å². The Hall–Kier alpha value is -2.76. The highest BCUT2D eigenvalue weighted by Gasteiger charge is 2.14. The Balaban J connectivity index is 1.74. The number of nitrogens with zero attached hydrogens (tertiary/aromatic N) is 2. The summed E-state index contributed by atoms with van der Waals surface area (Å²) in [5, 5.41) is 2.87. The van der Waals surface area contributed by atoms with Crippen LogP contribution in [0.2, 0.25) is 0 Å². The number of carbonyl (C=O) groups excluding carboxylic acids is 1. The molecule has 0 bridgehead atoms. The summed E-state index contributed by atoms with van der Waals surface area (Å²) in [4.78, 5) is 19.2. The summed E-state index contributed by atoms with van der Waals surface area (Å²) in [6, 6.07) is 9.10. The van der Waals surface area contributed by atoms with E-state index in [0.717, 1.165) is 18.8 Å². The van der Waals surface area contributed by atoms with Gasteiger partial charge in [0.2, 0.25) is 0 Å². The van der Waals surface area contributed by atoms with Crippen LogP contribution in [0.25, 0.3) is 0 Å². The predicted octanol–water partition coefficient (Wildman–Crippen LogP) is 3.73. The van der Waals surface area contributed by atoms with E-state index in [1.54, 1.807) is 38.6 Å². The van der Waals surface area contributed by atoms with Gasteiger partial charge in [0.1, 0.15) is 5.69 Å². The molecule has 0 spiro atoms. The van der Waals surface area contributed by atoms with E-state index in [1.165, 1.54) is 25.7 Å². The Kier molecular flexibility index (Phi) is 5.94. The zero-order chi connectivity index (χ0) is 18.4. The summed E-state index contributed by atoms with van der Waals surface area (Å²) in [6.07, 6.45) is 6.62. The number of ether oxygens (including phenoxy) is 2. The van der Waals surface area contributed by atoms with Crippen LogP contribution in [0.15, 0.2) is 36.5 Å². The van der Waals surface area contributed by atoms with Gasteiger partial charge in [0.05, 0.1) is 14.2 Å². The van der Waals surface area contributed by atoms with Gasteiger partial charge in [-0.2, -0.15) is 0 Å². The van der Waals surface area contributed by atoms with Crippen molar-refractivity contribution in [2.75, 3.05) is 37.5 Å². The molecular formula is C20H25N3O3. The van der Waals surface area contributed by atoms with Gasteiger partial charge in [-0.05, 0) is 37.1 Å². The van der Waals surface area contributed by atoms with Crippen molar-refractivity contribution in [3.05, 3.63) is 42.2 Å². The minimum Gasteiger partial charge on any atom is -0.493 e. The average Bonchev–Trinajstić information content (AvgIpc) is 2.97. The van der Waals surface area contributed by atoms with Gasteiger partial charge in [-0.1, -0.05) is 12.8 Å². The zero-order valence-corrected chi connectivity index (χ0v) is 15.3. The van der Waals surface area contributed by atoms with Gasteiger partial charge in [-0.3, -0.25) is 9.78 Å². The largest absolute Gasteiger partial charge is 0.493 e. The van der Waals surface area contributed by atoms with Gasteiger partial charge in [-0.15, -0.1) is 0 Å². The van der Waals surface area contributed by atoms with E-state index in [9.17, 15) is 4.79 Å². The minimum atomic E-state index is -0.242. The maximum absolute atomic E-state index is 12.6. The fraction of sp³-hybridized carbons (Fsp3) is 0.400. The minimum absolute atomic E-state index is 0.242. The first kappa shape index (κ1) is 18.0. The van der Waals surface area contributed by atoms with Crippen LogP contribution in [0, 0.1) is 0 Å². The van der Waals surface area contributed by atoms with E-state index < -0.39 is 0 Å². The number of benzene rings is 1. The van der Waals surface area contributed by atoms with Crippen LogP contribution >= 0.6 is 0 Å². The third-order valence-electron chi connectivity index (χ3n) is 4.59. The number of anilines is 2. The summed E-state index contributed by atoms with van der Waals surface area (Å²) >= 11 is 0. The van der Waals surface area contributed by atoms with Gasteiger partial charge in [0.25, 0.3) is 5.91 Å². The molecule has 1 saturated heterocycles. The zero-order valence-electron chi connectivity index (χ0n) is 15.3. The molecule has 26 heavy (non-hydrogen) atoms. The molecule has 6 nitrogen and oxygen atoms in total. The predicted molar refractivity (Wildman–Crippen MR) is 102 cm³/mol. The number of rotatable bonds is 5. The molecule has 1 N–H and O–H groups in total. The van der Waals surface area contributed by atoms with Crippen molar-refractivity contribution in [3.63, 3.8) is 0 Å². The number of hydrogen-bond acceptors (Lipinski definition) is 5. The Morgan fingerprint density at radius 2 is 1.73 bits per heavy atom. The Morgan fingerprint density at radius 1 is 1.00 bits per heavy atom. The summed E-state index contributed by atoms with van der Waals surface area (Å²) in [5.74, 6) is 0.942. The number of aromatic nitrogens is 1. The van der Waals surface area contributed by atoms with E-state index in [1.807, 2.05) is 12.1 Å². The molecule has 1 fully saturated rings. The van der Waals surface area contributed by atoms with Crippen molar-refractivity contribution in [3.8, 4) is 11.5 Å². The van der Waals surface area contributed by atoms with E-state index in [2.05, 4.69) is 15.2 Å². The molecule has 1 aliphatic heterocycles. The Bertz CT molecular complexity index is 756. The lowest BCUT2D eigenvalue weighted by atomic mass is 10.2. The maximum atomic E-state index is 12.6.